The Morgan fingerprint density at radius 3 is 2.67 bits per heavy atom. The molecule has 3 aromatic rings. The summed E-state index contributed by atoms with van der Waals surface area (Å²) in [6.07, 6.45) is 3.08. The van der Waals surface area contributed by atoms with E-state index in [1.807, 2.05) is 35.2 Å². The molecule has 1 aromatic heterocycles. The van der Waals surface area contributed by atoms with Gasteiger partial charge in [-0.05, 0) is 55.0 Å². The third kappa shape index (κ3) is 4.44. The standard InChI is InChI=1S/C26H26N2O5/c1-2-3-4-25(29)27-20-8-5-17(6-9-20)23-14-19-15-28(12-11-21(19)33-23)26(30)18-7-10-22-24(13-18)32-16-31-22/h5-10,13-14H,2-4,11-12,15-16H2,1H3,(H,27,29). The van der Waals surface area contributed by atoms with Crippen LogP contribution in [0.15, 0.2) is 52.9 Å². The number of fused-ring (bicyclic) bond motifs is 2. The number of carbonyl (C=O) groups is 2. The summed E-state index contributed by atoms with van der Waals surface area (Å²) in [5.41, 5.74) is 3.31. The van der Waals surface area contributed by atoms with Crippen molar-refractivity contribution >= 4 is 17.5 Å². The molecule has 0 saturated carbocycles. The van der Waals surface area contributed by atoms with E-state index in [9.17, 15) is 9.59 Å². The Morgan fingerprint density at radius 2 is 1.85 bits per heavy atom. The van der Waals surface area contributed by atoms with E-state index in [0.717, 1.165) is 41.2 Å². The molecule has 0 aliphatic carbocycles. The van der Waals surface area contributed by atoms with E-state index >= 15 is 0 Å². The first-order valence-electron chi connectivity index (χ1n) is 11.3. The smallest absolute Gasteiger partial charge is 0.254 e. The van der Waals surface area contributed by atoms with Crippen molar-refractivity contribution in [1.29, 1.82) is 0 Å². The van der Waals surface area contributed by atoms with Crippen molar-refractivity contribution in [3.63, 3.8) is 0 Å². The Balaban J connectivity index is 1.26. The van der Waals surface area contributed by atoms with Crippen molar-refractivity contribution in [2.45, 2.75) is 39.2 Å². The molecule has 0 spiro atoms. The van der Waals surface area contributed by atoms with Gasteiger partial charge in [0.1, 0.15) is 11.5 Å². The van der Waals surface area contributed by atoms with Gasteiger partial charge in [0.05, 0.1) is 0 Å². The van der Waals surface area contributed by atoms with Crippen LogP contribution < -0.4 is 14.8 Å². The van der Waals surface area contributed by atoms with Gasteiger partial charge >= 0.3 is 0 Å². The van der Waals surface area contributed by atoms with Gasteiger partial charge in [-0.25, -0.2) is 0 Å². The summed E-state index contributed by atoms with van der Waals surface area (Å²) >= 11 is 0. The molecule has 2 aromatic carbocycles. The minimum atomic E-state index is -0.0372. The maximum absolute atomic E-state index is 13.0. The van der Waals surface area contributed by atoms with Gasteiger partial charge in [-0.3, -0.25) is 9.59 Å². The summed E-state index contributed by atoms with van der Waals surface area (Å²) in [4.78, 5) is 26.8. The third-order valence-corrected chi connectivity index (χ3v) is 5.98. The highest BCUT2D eigenvalue weighted by molar-refractivity contribution is 5.95. The Bertz CT molecular complexity index is 1180. The van der Waals surface area contributed by atoms with Crippen molar-refractivity contribution in [2.75, 3.05) is 18.7 Å². The van der Waals surface area contributed by atoms with Crippen LogP contribution in [-0.4, -0.2) is 30.1 Å². The lowest BCUT2D eigenvalue weighted by Crippen LogP contribution is -2.35. The Hall–Kier alpha value is -3.74. The molecule has 2 amide bonds. The molecule has 170 valence electrons. The quantitative estimate of drug-likeness (QED) is 0.576. The maximum atomic E-state index is 13.0. The molecule has 0 radical (unpaired) electrons. The molecule has 3 heterocycles. The number of amides is 2. The zero-order valence-corrected chi connectivity index (χ0v) is 18.6. The molecule has 0 fully saturated rings. The zero-order valence-electron chi connectivity index (χ0n) is 18.6. The SMILES string of the molecule is CCCCC(=O)Nc1ccc(-c2cc3c(o2)CCN(C(=O)c2ccc4c(c2)OCO4)C3)cc1. The van der Waals surface area contributed by atoms with E-state index in [2.05, 4.69) is 12.2 Å². The molecule has 0 unspecified atom stereocenters. The fourth-order valence-corrected chi connectivity index (χ4v) is 4.14. The number of rotatable bonds is 6. The lowest BCUT2D eigenvalue weighted by molar-refractivity contribution is -0.116. The third-order valence-electron chi connectivity index (χ3n) is 5.98. The van der Waals surface area contributed by atoms with E-state index in [0.29, 0.717) is 43.0 Å². The van der Waals surface area contributed by atoms with Gasteiger partial charge in [0, 0.05) is 48.3 Å². The van der Waals surface area contributed by atoms with Gasteiger partial charge < -0.3 is 24.1 Å². The van der Waals surface area contributed by atoms with Gasteiger partial charge in [-0.15, -0.1) is 0 Å². The van der Waals surface area contributed by atoms with Crippen LogP contribution >= 0.6 is 0 Å². The van der Waals surface area contributed by atoms with Crippen LogP contribution in [0.3, 0.4) is 0 Å². The molecule has 33 heavy (non-hydrogen) atoms. The first-order chi connectivity index (χ1) is 16.1. The highest BCUT2D eigenvalue weighted by atomic mass is 16.7. The van der Waals surface area contributed by atoms with Gasteiger partial charge in [0.15, 0.2) is 11.5 Å². The molecule has 7 nitrogen and oxygen atoms in total. The summed E-state index contributed by atoms with van der Waals surface area (Å²) in [6, 6.07) is 14.9. The van der Waals surface area contributed by atoms with Crippen LogP contribution in [0.4, 0.5) is 5.69 Å². The minimum Gasteiger partial charge on any atom is -0.461 e. The molecule has 5 rings (SSSR count). The van der Waals surface area contributed by atoms with Crippen LogP contribution in [0.25, 0.3) is 11.3 Å². The molecule has 7 heteroatoms. The first kappa shape index (κ1) is 21.1. The lowest BCUT2D eigenvalue weighted by Gasteiger charge is -2.26. The largest absolute Gasteiger partial charge is 0.461 e. The second kappa shape index (κ2) is 9.02. The second-order valence-electron chi connectivity index (χ2n) is 8.33. The molecule has 2 aliphatic heterocycles. The number of hydrogen-bond donors (Lipinski definition) is 1. The highest BCUT2D eigenvalue weighted by Gasteiger charge is 2.26. The number of nitrogens with one attached hydrogen (secondary N) is 1. The normalized spacial score (nSPS) is 14.2. The summed E-state index contributed by atoms with van der Waals surface area (Å²) < 4.78 is 16.8. The van der Waals surface area contributed by atoms with Gasteiger partial charge in [-0.1, -0.05) is 13.3 Å². The molecule has 0 bridgehead atoms. The molecule has 0 saturated heterocycles. The van der Waals surface area contributed by atoms with Crippen LogP contribution in [0.1, 0.15) is 47.9 Å². The average Bonchev–Trinajstić information content (AvgIpc) is 3.48. The van der Waals surface area contributed by atoms with E-state index in [-0.39, 0.29) is 18.6 Å². The predicted molar refractivity (Wildman–Crippen MR) is 123 cm³/mol. The van der Waals surface area contributed by atoms with Crippen LogP contribution in [0.5, 0.6) is 11.5 Å². The number of furan rings is 1. The molecular formula is C26H26N2O5. The lowest BCUT2D eigenvalue weighted by atomic mass is 10.1. The monoisotopic (exact) mass is 446 g/mol. The van der Waals surface area contributed by atoms with E-state index in [1.54, 1.807) is 18.2 Å². The number of carbonyl (C=O) groups excluding carboxylic acids is 2. The van der Waals surface area contributed by atoms with Crippen molar-refractivity contribution in [3.8, 4) is 22.8 Å². The molecule has 1 N–H and O–H groups in total. The Labute approximate surface area is 192 Å². The number of hydrogen-bond acceptors (Lipinski definition) is 5. The molecule has 2 aliphatic rings. The van der Waals surface area contributed by atoms with Crippen molar-refractivity contribution in [1.82, 2.24) is 4.90 Å². The fraction of sp³-hybridized carbons (Fsp3) is 0.308. The van der Waals surface area contributed by atoms with Gasteiger partial charge in [0.25, 0.3) is 5.91 Å². The highest BCUT2D eigenvalue weighted by Crippen LogP contribution is 2.34. The summed E-state index contributed by atoms with van der Waals surface area (Å²) in [6.45, 7) is 3.34. The Morgan fingerprint density at radius 1 is 1.03 bits per heavy atom. The molecule has 0 atom stereocenters. The first-order valence-corrected chi connectivity index (χ1v) is 11.3. The summed E-state index contributed by atoms with van der Waals surface area (Å²) in [7, 11) is 0. The molecular weight excluding hydrogens is 420 g/mol. The fourth-order valence-electron chi connectivity index (χ4n) is 4.14. The van der Waals surface area contributed by atoms with Crippen LogP contribution in [-0.2, 0) is 17.8 Å². The number of benzene rings is 2. The number of ether oxygens (including phenoxy) is 2. The van der Waals surface area contributed by atoms with E-state index in [4.69, 9.17) is 13.9 Å². The number of unbranched alkanes of at least 4 members (excludes halogenated alkanes) is 1. The Kier molecular flexibility index (Phi) is 5.77. The maximum Gasteiger partial charge on any atom is 0.254 e. The van der Waals surface area contributed by atoms with Gasteiger partial charge in [0.2, 0.25) is 12.7 Å². The van der Waals surface area contributed by atoms with Crippen molar-refractivity contribution in [3.05, 3.63) is 65.4 Å². The predicted octanol–water partition coefficient (Wildman–Crippen LogP) is 5.00. The number of nitrogens with zero attached hydrogens (tertiary/aromatic N) is 1. The number of anilines is 1. The van der Waals surface area contributed by atoms with Crippen LogP contribution in [0.2, 0.25) is 0 Å². The van der Waals surface area contributed by atoms with Crippen molar-refractivity contribution < 1.29 is 23.5 Å². The average molecular weight is 447 g/mol. The van der Waals surface area contributed by atoms with Crippen molar-refractivity contribution in [2.24, 2.45) is 0 Å². The van der Waals surface area contributed by atoms with E-state index in [1.165, 1.54) is 0 Å². The van der Waals surface area contributed by atoms with Crippen LogP contribution in [0, 0.1) is 0 Å². The minimum absolute atomic E-state index is 0.0327. The zero-order chi connectivity index (χ0) is 22.8. The second-order valence-corrected chi connectivity index (χ2v) is 8.33. The topological polar surface area (TPSA) is 81.0 Å². The van der Waals surface area contributed by atoms with Gasteiger partial charge in [-0.2, -0.15) is 0 Å². The summed E-state index contributed by atoms with van der Waals surface area (Å²) in [5, 5.41) is 2.92. The van der Waals surface area contributed by atoms with E-state index < -0.39 is 0 Å². The summed E-state index contributed by atoms with van der Waals surface area (Å²) in [5.74, 6) is 2.95.